The Morgan fingerprint density at radius 1 is 1.38 bits per heavy atom. The second-order valence-corrected chi connectivity index (χ2v) is 6.08. The maximum Gasteiger partial charge on any atom is 0.0931 e. The highest BCUT2D eigenvalue weighted by Gasteiger charge is 2.25. The highest BCUT2D eigenvalue weighted by Crippen LogP contribution is 2.24. The molecule has 0 aromatic heterocycles. The van der Waals surface area contributed by atoms with Crippen molar-refractivity contribution in [2.24, 2.45) is 0 Å². The lowest BCUT2D eigenvalue weighted by molar-refractivity contribution is 0.0331. The van der Waals surface area contributed by atoms with E-state index in [0.717, 1.165) is 38.3 Å². The third kappa shape index (κ3) is 4.66. The Bertz CT molecular complexity index is 444. The van der Waals surface area contributed by atoms with Crippen molar-refractivity contribution in [3.63, 3.8) is 0 Å². The topological polar surface area (TPSA) is 35.9 Å². The summed E-state index contributed by atoms with van der Waals surface area (Å²) >= 11 is 6.15. The minimum absolute atomic E-state index is 0.479. The molecule has 0 saturated carbocycles. The maximum absolute atomic E-state index is 10.4. The van der Waals surface area contributed by atoms with Crippen LogP contribution >= 0.6 is 11.6 Å². The van der Waals surface area contributed by atoms with Crippen LogP contribution in [0.1, 0.15) is 18.6 Å². The molecule has 1 aliphatic rings. The van der Waals surface area contributed by atoms with Gasteiger partial charge in [0.05, 0.1) is 12.7 Å². The number of piperazine rings is 1. The van der Waals surface area contributed by atoms with Crippen LogP contribution in [0.15, 0.2) is 24.3 Å². The lowest BCUT2D eigenvalue weighted by atomic mass is 10.1. The van der Waals surface area contributed by atoms with Gasteiger partial charge in [-0.1, -0.05) is 29.8 Å². The highest BCUT2D eigenvalue weighted by atomic mass is 35.5. The molecule has 0 spiro atoms. The molecule has 1 fully saturated rings. The molecule has 1 aromatic rings. The molecular weight excluding hydrogens is 288 g/mol. The minimum atomic E-state index is -0.531. The SMILES string of the molecule is COCCN1CCN(C[C@@H](O)c2ccccc2Cl)C[C@H]1C. The van der Waals surface area contributed by atoms with Crippen molar-refractivity contribution in [1.29, 1.82) is 0 Å². The molecule has 0 bridgehead atoms. The Morgan fingerprint density at radius 2 is 2.14 bits per heavy atom. The van der Waals surface area contributed by atoms with Gasteiger partial charge in [0.25, 0.3) is 0 Å². The molecule has 0 radical (unpaired) electrons. The van der Waals surface area contributed by atoms with Gasteiger partial charge in [0.2, 0.25) is 0 Å². The van der Waals surface area contributed by atoms with Crippen molar-refractivity contribution in [3.05, 3.63) is 34.9 Å². The summed E-state index contributed by atoms with van der Waals surface area (Å²) in [5, 5.41) is 11.0. The van der Waals surface area contributed by atoms with E-state index in [1.165, 1.54) is 0 Å². The standard InChI is InChI=1S/C16H25ClN2O2/c1-13-11-18(7-8-19(13)9-10-21-2)12-16(20)14-5-3-4-6-15(14)17/h3-6,13,16,20H,7-12H2,1-2H3/t13-,16-/m1/s1. The van der Waals surface area contributed by atoms with Crippen molar-refractivity contribution >= 4 is 11.6 Å². The zero-order valence-corrected chi connectivity index (χ0v) is 13.6. The van der Waals surface area contributed by atoms with Crippen LogP contribution in [0, 0.1) is 0 Å². The number of methoxy groups -OCH3 is 1. The Balaban J connectivity index is 1.86. The summed E-state index contributed by atoms with van der Waals surface area (Å²) in [6, 6.07) is 7.99. The molecule has 118 valence electrons. The van der Waals surface area contributed by atoms with Gasteiger partial charge in [0.15, 0.2) is 0 Å². The van der Waals surface area contributed by atoms with E-state index in [1.807, 2.05) is 24.3 Å². The molecule has 1 saturated heterocycles. The summed E-state index contributed by atoms with van der Waals surface area (Å²) in [7, 11) is 1.74. The summed E-state index contributed by atoms with van der Waals surface area (Å²) in [6.45, 7) is 7.54. The molecule has 0 aliphatic carbocycles. The van der Waals surface area contributed by atoms with Crippen LogP contribution in [0.3, 0.4) is 0 Å². The zero-order chi connectivity index (χ0) is 15.2. The van der Waals surface area contributed by atoms with Crippen molar-refractivity contribution in [3.8, 4) is 0 Å². The second kappa shape index (κ2) is 8.11. The lowest BCUT2D eigenvalue weighted by Gasteiger charge is -2.40. The van der Waals surface area contributed by atoms with E-state index in [9.17, 15) is 5.11 Å². The fourth-order valence-corrected chi connectivity index (χ4v) is 3.13. The van der Waals surface area contributed by atoms with Gasteiger partial charge in [-0.3, -0.25) is 9.80 Å². The average molecular weight is 313 g/mol. The largest absolute Gasteiger partial charge is 0.387 e. The van der Waals surface area contributed by atoms with Gasteiger partial charge in [-0.05, 0) is 13.0 Å². The fourth-order valence-electron chi connectivity index (χ4n) is 2.87. The molecule has 0 unspecified atom stereocenters. The molecule has 2 rings (SSSR count). The number of hydrogen-bond acceptors (Lipinski definition) is 4. The van der Waals surface area contributed by atoms with Crippen LogP contribution in [-0.2, 0) is 4.74 Å². The first kappa shape index (κ1) is 16.7. The summed E-state index contributed by atoms with van der Waals surface area (Å²) in [5.41, 5.74) is 0.814. The van der Waals surface area contributed by atoms with Crippen LogP contribution in [-0.4, -0.2) is 67.4 Å². The van der Waals surface area contributed by atoms with Crippen molar-refractivity contribution in [1.82, 2.24) is 9.80 Å². The van der Waals surface area contributed by atoms with Crippen LogP contribution in [0.5, 0.6) is 0 Å². The number of β-amino-alcohol motifs (C(OH)–C–C–N with tert-alkyl or cyclic N) is 1. The third-order valence-electron chi connectivity index (χ3n) is 4.13. The summed E-state index contributed by atoms with van der Waals surface area (Å²) in [6.07, 6.45) is -0.531. The van der Waals surface area contributed by atoms with Crippen LogP contribution in [0.25, 0.3) is 0 Å². The number of aliphatic hydroxyl groups excluding tert-OH is 1. The number of rotatable bonds is 6. The highest BCUT2D eigenvalue weighted by molar-refractivity contribution is 6.31. The monoisotopic (exact) mass is 312 g/mol. The van der Waals surface area contributed by atoms with Gasteiger partial charge in [-0.15, -0.1) is 0 Å². The molecule has 2 atom stereocenters. The minimum Gasteiger partial charge on any atom is -0.387 e. The maximum atomic E-state index is 10.4. The van der Waals surface area contributed by atoms with Crippen LogP contribution in [0.4, 0.5) is 0 Å². The number of ether oxygens (including phenoxy) is 1. The van der Waals surface area contributed by atoms with E-state index >= 15 is 0 Å². The van der Waals surface area contributed by atoms with Gasteiger partial charge < -0.3 is 9.84 Å². The van der Waals surface area contributed by atoms with E-state index in [0.29, 0.717) is 17.6 Å². The van der Waals surface area contributed by atoms with Gasteiger partial charge in [-0.25, -0.2) is 0 Å². The number of halogens is 1. The zero-order valence-electron chi connectivity index (χ0n) is 12.8. The lowest BCUT2D eigenvalue weighted by Crippen LogP contribution is -2.53. The predicted molar refractivity (Wildman–Crippen MR) is 85.8 cm³/mol. The summed E-state index contributed by atoms with van der Waals surface area (Å²) < 4.78 is 5.15. The first-order valence-electron chi connectivity index (χ1n) is 7.49. The smallest absolute Gasteiger partial charge is 0.0931 e. The van der Waals surface area contributed by atoms with Crippen LogP contribution in [0.2, 0.25) is 5.02 Å². The summed E-state index contributed by atoms with van der Waals surface area (Å²) in [4.78, 5) is 4.74. The number of hydrogen-bond donors (Lipinski definition) is 1. The first-order chi connectivity index (χ1) is 10.1. The molecule has 1 aliphatic heterocycles. The average Bonchev–Trinajstić information content (AvgIpc) is 2.47. The molecule has 0 amide bonds. The van der Waals surface area contributed by atoms with E-state index in [1.54, 1.807) is 7.11 Å². The van der Waals surface area contributed by atoms with E-state index < -0.39 is 6.10 Å². The summed E-state index contributed by atoms with van der Waals surface area (Å²) in [5.74, 6) is 0. The molecule has 1 aromatic carbocycles. The van der Waals surface area contributed by atoms with Gasteiger partial charge in [0.1, 0.15) is 0 Å². The third-order valence-corrected chi connectivity index (χ3v) is 4.47. The molecule has 1 heterocycles. The Hall–Kier alpha value is -0.650. The van der Waals surface area contributed by atoms with Gasteiger partial charge in [-0.2, -0.15) is 0 Å². The van der Waals surface area contributed by atoms with Crippen molar-refractivity contribution in [2.75, 3.05) is 46.4 Å². The Labute approximate surface area is 132 Å². The predicted octanol–water partition coefficient (Wildman–Crippen LogP) is 2.03. The van der Waals surface area contributed by atoms with Crippen molar-refractivity contribution < 1.29 is 9.84 Å². The molecule has 4 nitrogen and oxygen atoms in total. The first-order valence-corrected chi connectivity index (χ1v) is 7.87. The van der Waals surface area contributed by atoms with Crippen LogP contribution < -0.4 is 0 Å². The van der Waals surface area contributed by atoms with Gasteiger partial charge in [0, 0.05) is 56.5 Å². The Kier molecular flexibility index (Phi) is 6.45. The number of nitrogens with zero attached hydrogens (tertiary/aromatic N) is 2. The van der Waals surface area contributed by atoms with Gasteiger partial charge >= 0.3 is 0 Å². The van der Waals surface area contributed by atoms with E-state index in [4.69, 9.17) is 16.3 Å². The van der Waals surface area contributed by atoms with E-state index in [-0.39, 0.29) is 0 Å². The second-order valence-electron chi connectivity index (χ2n) is 5.67. The molecule has 5 heteroatoms. The Morgan fingerprint density at radius 3 is 2.81 bits per heavy atom. The normalized spacial score (nSPS) is 22.4. The van der Waals surface area contributed by atoms with Crippen molar-refractivity contribution in [2.45, 2.75) is 19.1 Å². The molecular formula is C16H25ClN2O2. The van der Waals surface area contributed by atoms with E-state index in [2.05, 4.69) is 16.7 Å². The number of aliphatic hydroxyl groups is 1. The molecule has 21 heavy (non-hydrogen) atoms. The fraction of sp³-hybridized carbons (Fsp3) is 0.625. The molecule has 1 N–H and O–H groups in total. The number of benzene rings is 1. The quantitative estimate of drug-likeness (QED) is 0.872.